The number of pyridine rings is 2. The van der Waals surface area contributed by atoms with Crippen molar-refractivity contribution in [2.24, 2.45) is 11.8 Å². The minimum atomic E-state index is -0.239. The van der Waals surface area contributed by atoms with Gasteiger partial charge >= 0.3 is 0 Å². The summed E-state index contributed by atoms with van der Waals surface area (Å²) >= 11 is 6.48. The van der Waals surface area contributed by atoms with Crippen LogP contribution in [0.2, 0.25) is 5.02 Å². The standard InChI is InChI=1S/C25H28ClFN4/c1-28-14-19-9-8-17(10-19)12-21-13-22(23(26)16-29-21)24-6-3-7-25(31-24)30-15-18-4-2-5-20(27)11-18/h2-7,11,13,16-17,19,28H,8-10,12,14-15H2,1H3,(H,30,31)/t17-,19+/m1/s1. The van der Waals surface area contributed by atoms with Crippen LogP contribution in [0.25, 0.3) is 11.3 Å². The van der Waals surface area contributed by atoms with E-state index in [1.165, 1.54) is 31.4 Å². The minimum Gasteiger partial charge on any atom is -0.366 e. The Morgan fingerprint density at radius 1 is 1.10 bits per heavy atom. The predicted octanol–water partition coefficient (Wildman–Crippen LogP) is 5.73. The first-order chi connectivity index (χ1) is 15.1. The molecule has 0 aliphatic heterocycles. The summed E-state index contributed by atoms with van der Waals surface area (Å²) in [6.45, 7) is 1.59. The smallest absolute Gasteiger partial charge is 0.126 e. The Bertz CT molecular complexity index is 1030. The van der Waals surface area contributed by atoms with E-state index in [1.54, 1.807) is 12.3 Å². The summed E-state index contributed by atoms with van der Waals surface area (Å²) in [7, 11) is 2.02. The van der Waals surface area contributed by atoms with E-state index in [1.807, 2.05) is 31.3 Å². The molecule has 3 aromatic rings. The molecule has 1 aliphatic carbocycles. The number of anilines is 1. The fourth-order valence-electron chi connectivity index (χ4n) is 4.45. The van der Waals surface area contributed by atoms with E-state index in [9.17, 15) is 4.39 Å². The lowest BCUT2D eigenvalue weighted by molar-refractivity contribution is 0.470. The van der Waals surface area contributed by atoms with Crippen LogP contribution in [0.4, 0.5) is 10.2 Å². The van der Waals surface area contributed by atoms with Gasteiger partial charge < -0.3 is 10.6 Å². The molecule has 31 heavy (non-hydrogen) atoms. The van der Waals surface area contributed by atoms with Crippen LogP contribution in [0.3, 0.4) is 0 Å². The van der Waals surface area contributed by atoms with Gasteiger partial charge in [0.15, 0.2) is 0 Å². The Labute approximate surface area is 188 Å². The number of rotatable bonds is 8. The highest BCUT2D eigenvalue weighted by atomic mass is 35.5. The third kappa shape index (κ3) is 5.81. The summed E-state index contributed by atoms with van der Waals surface area (Å²) in [5.41, 5.74) is 3.63. The summed E-state index contributed by atoms with van der Waals surface area (Å²) in [6, 6.07) is 14.4. The van der Waals surface area contributed by atoms with Gasteiger partial charge in [0.25, 0.3) is 0 Å². The van der Waals surface area contributed by atoms with Crippen molar-refractivity contribution in [3.8, 4) is 11.3 Å². The first kappa shape index (κ1) is 21.7. The second-order valence-corrected chi connectivity index (χ2v) is 8.76. The van der Waals surface area contributed by atoms with Crippen molar-refractivity contribution in [3.05, 3.63) is 76.8 Å². The van der Waals surface area contributed by atoms with Crippen molar-refractivity contribution in [2.45, 2.75) is 32.2 Å². The average Bonchev–Trinajstić information content (AvgIpc) is 3.21. The lowest BCUT2D eigenvalue weighted by atomic mass is 9.98. The van der Waals surface area contributed by atoms with E-state index in [0.29, 0.717) is 17.5 Å². The highest BCUT2D eigenvalue weighted by Gasteiger charge is 2.24. The quantitative estimate of drug-likeness (QED) is 0.471. The first-order valence-electron chi connectivity index (χ1n) is 10.9. The molecule has 1 aromatic carbocycles. The maximum atomic E-state index is 13.4. The summed E-state index contributed by atoms with van der Waals surface area (Å²) < 4.78 is 13.4. The van der Waals surface area contributed by atoms with E-state index in [0.717, 1.165) is 47.2 Å². The molecular weight excluding hydrogens is 411 g/mol. The van der Waals surface area contributed by atoms with E-state index in [-0.39, 0.29) is 5.82 Å². The largest absolute Gasteiger partial charge is 0.366 e. The number of hydrogen-bond donors (Lipinski definition) is 2. The lowest BCUT2D eigenvalue weighted by Crippen LogP contribution is -2.16. The minimum absolute atomic E-state index is 0.239. The van der Waals surface area contributed by atoms with Gasteiger partial charge in [-0.05, 0) is 87.0 Å². The van der Waals surface area contributed by atoms with Crippen LogP contribution in [0.5, 0.6) is 0 Å². The van der Waals surface area contributed by atoms with Crippen LogP contribution in [0, 0.1) is 17.7 Å². The number of benzene rings is 1. The number of nitrogens with one attached hydrogen (secondary N) is 2. The molecule has 2 atom stereocenters. The summed E-state index contributed by atoms with van der Waals surface area (Å²) in [5.74, 6) is 1.93. The van der Waals surface area contributed by atoms with Crippen LogP contribution >= 0.6 is 11.6 Å². The van der Waals surface area contributed by atoms with Crippen LogP contribution in [-0.4, -0.2) is 23.6 Å². The van der Waals surface area contributed by atoms with Gasteiger partial charge in [0.1, 0.15) is 11.6 Å². The SMILES string of the molecule is CNC[C@H]1CC[C@@H](Cc2cc(-c3cccc(NCc4cccc(F)c4)n3)c(Cl)cn2)C1. The molecule has 0 amide bonds. The molecule has 1 fully saturated rings. The highest BCUT2D eigenvalue weighted by molar-refractivity contribution is 6.33. The molecule has 0 bridgehead atoms. The second kappa shape index (κ2) is 10.2. The van der Waals surface area contributed by atoms with Gasteiger partial charge in [0.2, 0.25) is 0 Å². The van der Waals surface area contributed by atoms with Gasteiger partial charge in [0, 0.05) is 24.0 Å². The van der Waals surface area contributed by atoms with Crippen molar-refractivity contribution >= 4 is 17.4 Å². The van der Waals surface area contributed by atoms with Crippen LogP contribution < -0.4 is 10.6 Å². The summed E-state index contributed by atoms with van der Waals surface area (Å²) in [6.07, 6.45) is 6.50. The fraction of sp³-hybridized carbons (Fsp3) is 0.360. The molecule has 1 aliphatic rings. The Kier molecular flexibility index (Phi) is 7.15. The molecule has 0 radical (unpaired) electrons. The molecule has 0 saturated heterocycles. The van der Waals surface area contributed by atoms with Crippen molar-refractivity contribution in [2.75, 3.05) is 18.9 Å². The van der Waals surface area contributed by atoms with E-state index < -0.39 is 0 Å². The van der Waals surface area contributed by atoms with E-state index in [4.69, 9.17) is 16.6 Å². The molecule has 2 heterocycles. The van der Waals surface area contributed by atoms with Crippen molar-refractivity contribution in [1.29, 1.82) is 0 Å². The zero-order valence-corrected chi connectivity index (χ0v) is 18.5. The number of halogens is 2. The van der Waals surface area contributed by atoms with Gasteiger partial charge in [-0.3, -0.25) is 4.98 Å². The molecule has 0 unspecified atom stereocenters. The van der Waals surface area contributed by atoms with Crippen molar-refractivity contribution < 1.29 is 4.39 Å². The highest BCUT2D eigenvalue weighted by Crippen LogP contribution is 2.34. The molecule has 162 valence electrons. The van der Waals surface area contributed by atoms with Crippen LogP contribution in [0.15, 0.2) is 54.7 Å². The monoisotopic (exact) mass is 438 g/mol. The zero-order chi connectivity index (χ0) is 21.6. The molecule has 2 aromatic heterocycles. The van der Waals surface area contributed by atoms with Crippen LogP contribution in [0.1, 0.15) is 30.5 Å². The van der Waals surface area contributed by atoms with E-state index in [2.05, 4.69) is 21.7 Å². The van der Waals surface area contributed by atoms with Gasteiger partial charge in [-0.25, -0.2) is 9.37 Å². The molecule has 2 N–H and O–H groups in total. The Morgan fingerprint density at radius 2 is 1.94 bits per heavy atom. The summed E-state index contributed by atoms with van der Waals surface area (Å²) in [5, 5.41) is 7.16. The number of hydrogen-bond acceptors (Lipinski definition) is 4. The van der Waals surface area contributed by atoms with Crippen molar-refractivity contribution in [1.82, 2.24) is 15.3 Å². The Morgan fingerprint density at radius 3 is 2.77 bits per heavy atom. The third-order valence-electron chi connectivity index (χ3n) is 5.94. The Balaban J connectivity index is 1.46. The maximum absolute atomic E-state index is 13.4. The average molecular weight is 439 g/mol. The first-order valence-corrected chi connectivity index (χ1v) is 11.2. The van der Waals surface area contributed by atoms with Crippen LogP contribution in [-0.2, 0) is 13.0 Å². The molecule has 6 heteroatoms. The molecule has 4 rings (SSSR count). The molecule has 0 spiro atoms. The second-order valence-electron chi connectivity index (χ2n) is 8.35. The van der Waals surface area contributed by atoms with Gasteiger partial charge in [0.05, 0.1) is 10.7 Å². The topological polar surface area (TPSA) is 49.8 Å². The van der Waals surface area contributed by atoms with E-state index >= 15 is 0 Å². The molecule has 4 nitrogen and oxygen atoms in total. The van der Waals surface area contributed by atoms with Crippen molar-refractivity contribution in [3.63, 3.8) is 0 Å². The summed E-state index contributed by atoms with van der Waals surface area (Å²) in [4.78, 5) is 9.30. The van der Waals surface area contributed by atoms with Gasteiger partial charge in [-0.2, -0.15) is 0 Å². The Hall–Kier alpha value is -2.50. The normalized spacial score (nSPS) is 18.3. The van der Waals surface area contributed by atoms with Gasteiger partial charge in [-0.15, -0.1) is 0 Å². The van der Waals surface area contributed by atoms with Gasteiger partial charge in [-0.1, -0.05) is 29.8 Å². The fourth-order valence-corrected chi connectivity index (χ4v) is 4.65. The number of aromatic nitrogens is 2. The zero-order valence-electron chi connectivity index (χ0n) is 17.7. The maximum Gasteiger partial charge on any atom is 0.126 e. The predicted molar refractivity (Wildman–Crippen MR) is 125 cm³/mol. The number of nitrogens with zero attached hydrogens (tertiary/aromatic N) is 2. The molecular formula is C25H28ClFN4. The third-order valence-corrected chi connectivity index (χ3v) is 6.24. The lowest BCUT2D eigenvalue weighted by Gasteiger charge is -2.13. The molecule has 1 saturated carbocycles.